The third-order valence-corrected chi connectivity index (χ3v) is 7.33. The number of nitrogens with two attached hydrogens (primary N) is 1. The summed E-state index contributed by atoms with van der Waals surface area (Å²) in [5, 5.41) is 2.48. The number of rotatable bonds is 5. The summed E-state index contributed by atoms with van der Waals surface area (Å²) in [6, 6.07) is 4.63. The summed E-state index contributed by atoms with van der Waals surface area (Å²) < 4.78 is 53.5. The van der Waals surface area contributed by atoms with Crippen molar-refractivity contribution in [3.63, 3.8) is 0 Å². The first-order valence-electron chi connectivity index (χ1n) is 9.58. The number of aromatic nitrogens is 3. The Bertz CT molecular complexity index is 1300. The molecule has 164 valence electrons. The Morgan fingerprint density at radius 1 is 1.35 bits per heavy atom. The number of hydrogen-bond acceptors (Lipinski definition) is 6. The smallest absolute Gasteiger partial charge is 0.271 e. The van der Waals surface area contributed by atoms with E-state index in [9.17, 15) is 22.0 Å². The lowest BCUT2D eigenvalue weighted by Gasteiger charge is -2.34. The van der Waals surface area contributed by atoms with Gasteiger partial charge in [-0.15, -0.1) is 0 Å². The molecule has 1 saturated carbocycles. The second-order valence-corrected chi connectivity index (χ2v) is 9.85. The van der Waals surface area contributed by atoms with Crippen molar-refractivity contribution in [1.29, 1.82) is 0 Å². The Kier molecular flexibility index (Phi) is 4.95. The van der Waals surface area contributed by atoms with E-state index < -0.39 is 40.4 Å². The summed E-state index contributed by atoms with van der Waals surface area (Å²) in [5.41, 5.74) is 8.22. The maximum Gasteiger partial charge on any atom is 0.271 e. The van der Waals surface area contributed by atoms with Gasteiger partial charge in [-0.3, -0.25) is 9.20 Å². The number of nitrogens with zero attached hydrogens (tertiary/aromatic N) is 3. The van der Waals surface area contributed by atoms with Gasteiger partial charge in [0.1, 0.15) is 5.69 Å². The van der Waals surface area contributed by atoms with E-state index in [-0.39, 0.29) is 22.2 Å². The first kappa shape index (κ1) is 21.2. The van der Waals surface area contributed by atoms with E-state index >= 15 is 0 Å². The van der Waals surface area contributed by atoms with Gasteiger partial charge in [-0.25, -0.2) is 27.2 Å². The molecule has 0 radical (unpaired) electrons. The molecule has 2 heterocycles. The van der Waals surface area contributed by atoms with Crippen LogP contribution < -0.4 is 11.1 Å². The molecule has 0 bridgehead atoms. The summed E-state index contributed by atoms with van der Waals surface area (Å²) in [6.45, 7) is 1.81. The molecule has 31 heavy (non-hydrogen) atoms. The van der Waals surface area contributed by atoms with Crippen molar-refractivity contribution in [3.8, 4) is 11.3 Å². The fourth-order valence-corrected chi connectivity index (χ4v) is 5.45. The third kappa shape index (κ3) is 3.85. The molecular formula is C20H21F2N5O3S. The fraction of sp³-hybridized carbons (Fsp3) is 0.350. The van der Waals surface area contributed by atoms with Crippen LogP contribution in [0.2, 0.25) is 0 Å². The molecule has 0 spiro atoms. The zero-order valence-corrected chi connectivity index (χ0v) is 17.7. The van der Waals surface area contributed by atoms with Gasteiger partial charge in [0.2, 0.25) is 5.92 Å². The molecule has 3 N–H and O–H groups in total. The number of benzene rings is 1. The van der Waals surface area contributed by atoms with Crippen LogP contribution in [-0.2, 0) is 9.84 Å². The number of amides is 1. The van der Waals surface area contributed by atoms with Crippen molar-refractivity contribution >= 4 is 27.2 Å². The van der Waals surface area contributed by atoms with Gasteiger partial charge in [-0.05, 0) is 30.5 Å². The number of hydrogen-bond donors (Lipinski definition) is 2. The SMILES string of the molecule is CNC(=O)c1cn2c(-c3cc(S(=O)(=O)CC4CC(F)(F)C4)ccc3C)cnc2c(N)n1. The number of carbonyl (C=O) groups excluding carboxylic acids is 1. The summed E-state index contributed by atoms with van der Waals surface area (Å²) in [7, 11) is -2.28. The van der Waals surface area contributed by atoms with Crippen molar-refractivity contribution in [2.24, 2.45) is 5.92 Å². The van der Waals surface area contributed by atoms with Gasteiger partial charge < -0.3 is 11.1 Å². The highest BCUT2D eigenvalue weighted by atomic mass is 32.2. The Morgan fingerprint density at radius 3 is 2.71 bits per heavy atom. The number of halogens is 2. The summed E-state index contributed by atoms with van der Waals surface area (Å²) in [5.74, 6) is -4.03. The molecule has 1 aliphatic rings. The van der Waals surface area contributed by atoms with Gasteiger partial charge in [0.15, 0.2) is 21.3 Å². The molecule has 0 aliphatic heterocycles. The average Bonchev–Trinajstić information content (AvgIpc) is 3.10. The maximum atomic E-state index is 13.1. The number of nitrogens with one attached hydrogen (secondary N) is 1. The first-order chi connectivity index (χ1) is 14.5. The van der Waals surface area contributed by atoms with Crippen LogP contribution in [0, 0.1) is 12.8 Å². The first-order valence-corrected chi connectivity index (χ1v) is 11.2. The lowest BCUT2D eigenvalue weighted by atomic mass is 9.83. The minimum absolute atomic E-state index is 0.0480. The van der Waals surface area contributed by atoms with Gasteiger partial charge >= 0.3 is 0 Å². The van der Waals surface area contributed by atoms with E-state index in [0.717, 1.165) is 5.56 Å². The van der Waals surface area contributed by atoms with Crippen LogP contribution in [0.3, 0.4) is 0 Å². The maximum absolute atomic E-state index is 13.1. The quantitative estimate of drug-likeness (QED) is 0.618. The molecule has 8 nitrogen and oxygen atoms in total. The number of imidazole rings is 1. The van der Waals surface area contributed by atoms with E-state index in [2.05, 4.69) is 15.3 Å². The van der Waals surface area contributed by atoms with Crippen LogP contribution in [0.1, 0.15) is 28.9 Å². The lowest BCUT2D eigenvalue weighted by molar-refractivity contribution is -0.103. The van der Waals surface area contributed by atoms with E-state index in [4.69, 9.17) is 5.73 Å². The molecule has 1 fully saturated rings. The zero-order chi connectivity index (χ0) is 22.6. The predicted octanol–water partition coefficient (Wildman–Crippen LogP) is 2.47. The second-order valence-electron chi connectivity index (χ2n) is 7.82. The molecule has 3 aromatic rings. The van der Waals surface area contributed by atoms with Crippen molar-refractivity contribution in [3.05, 3.63) is 41.9 Å². The van der Waals surface area contributed by atoms with Crippen LogP contribution in [0.5, 0.6) is 0 Å². The van der Waals surface area contributed by atoms with Crippen LogP contribution in [0.4, 0.5) is 14.6 Å². The molecule has 1 aromatic carbocycles. The van der Waals surface area contributed by atoms with Crippen LogP contribution >= 0.6 is 0 Å². The minimum atomic E-state index is -3.75. The molecule has 0 saturated heterocycles. The largest absolute Gasteiger partial charge is 0.381 e. The summed E-state index contributed by atoms with van der Waals surface area (Å²) >= 11 is 0. The highest BCUT2D eigenvalue weighted by molar-refractivity contribution is 7.91. The van der Waals surface area contributed by atoms with Crippen molar-refractivity contribution < 1.29 is 22.0 Å². The Morgan fingerprint density at radius 2 is 2.06 bits per heavy atom. The molecule has 1 amide bonds. The van der Waals surface area contributed by atoms with Gasteiger partial charge in [-0.1, -0.05) is 6.07 Å². The molecule has 0 unspecified atom stereocenters. The number of nitrogen functional groups attached to an aromatic ring is 1. The van der Waals surface area contributed by atoms with Crippen molar-refractivity contribution in [2.45, 2.75) is 30.6 Å². The number of anilines is 1. The zero-order valence-electron chi connectivity index (χ0n) is 16.9. The van der Waals surface area contributed by atoms with E-state index in [1.54, 1.807) is 10.5 Å². The molecule has 1 aliphatic carbocycles. The average molecular weight is 449 g/mol. The summed E-state index contributed by atoms with van der Waals surface area (Å²) in [6.07, 6.45) is 2.18. The minimum Gasteiger partial charge on any atom is -0.381 e. The molecule has 0 atom stereocenters. The normalized spacial score (nSPS) is 16.3. The Hall–Kier alpha value is -3.08. The predicted molar refractivity (Wildman–Crippen MR) is 111 cm³/mol. The van der Waals surface area contributed by atoms with Gasteiger partial charge in [0, 0.05) is 31.6 Å². The highest BCUT2D eigenvalue weighted by Crippen LogP contribution is 2.43. The summed E-state index contributed by atoms with van der Waals surface area (Å²) in [4.78, 5) is 20.4. The third-order valence-electron chi connectivity index (χ3n) is 5.45. The van der Waals surface area contributed by atoms with E-state index in [0.29, 0.717) is 16.9 Å². The number of carbonyl (C=O) groups is 1. The van der Waals surface area contributed by atoms with Gasteiger partial charge in [-0.2, -0.15) is 0 Å². The van der Waals surface area contributed by atoms with Gasteiger partial charge in [0.25, 0.3) is 5.91 Å². The molecule has 4 rings (SSSR count). The monoisotopic (exact) mass is 449 g/mol. The van der Waals surface area contributed by atoms with E-state index in [1.165, 1.54) is 31.6 Å². The standard InChI is InChI=1S/C20H21F2N5O3S/c1-11-3-4-13(31(29,30)10-12-6-20(21,22)7-12)5-14(11)16-8-25-18-17(23)26-15(9-27(16)18)19(28)24-2/h3-5,8-9,12H,6-7,10H2,1-2H3,(H2,23,26)(H,24,28). The van der Waals surface area contributed by atoms with Crippen LogP contribution in [-0.4, -0.2) is 47.4 Å². The number of fused-ring (bicyclic) bond motifs is 1. The topological polar surface area (TPSA) is 119 Å². The molecular weight excluding hydrogens is 428 g/mol. The van der Waals surface area contributed by atoms with Gasteiger partial charge in [0.05, 0.1) is 22.5 Å². The van der Waals surface area contributed by atoms with Crippen molar-refractivity contribution in [1.82, 2.24) is 19.7 Å². The van der Waals surface area contributed by atoms with E-state index in [1.807, 2.05) is 6.92 Å². The lowest BCUT2D eigenvalue weighted by Crippen LogP contribution is -2.39. The van der Waals surface area contributed by atoms with Crippen LogP contribution in [0.15, 0.2) is 35.5 Å². The Labute approximate surface area is 177 Å². The number of sulfone groups is 1. The van der Waals surface area contributed by atoms with Crippen molar-refractivity contribution in [2.75, 3.05) is 18.5 Å². The Balaban J connectivity index is 1.76. The fourth-order valence-electron chi connectivity index (χ4n) is 3.83. The van der Waals surface area contributed by atoms with Crippen LogP contribution in [0.25, 0.3) is 16.9 Å². The number of aryl methyl sites for hydroxylation is 1. The second kappa shape index (κ2) is 7.26. The molecule has 2 aromatic heterocycles. The molecule has 11 heteroatoms. The number of alkyl halides is 2. The highest BCUT2D eigenvalue weighted by Gasteiger charge is 2.46.